The van der Waals surface area contributed by atoms with E-state index in [4.69, 9.17) is 5.11 Å². The molecular formula is C31H34FNO3. The van der Waals surface area contributed by atoms with E-state index in [0.717, 1.165) is 35.2 Å². The Labute approximate surface area is 212 Å². The molecule has 3 aromatic carbocycles. The zero-order valence-corrected chi connectivity index (χ0v) is 21.3. The molecule has 5 heteroatoms. The van der Waals surface area contributed by atoms with Crippen molar-refractivity contribution in [3.05, 3.63) is 106 Å². The number of carboxylic acid groups (broad SMARTS) is 1. The first-order valence-corrected chi connectivity index (χ1v) is 12.3. The van der Waals surface area contributed by atoms with E-state index in [1.54, 1.807) is 48.6 Å². The third-order valence-corrected chi connectivity index (χ3v) is 7.31. The largest absolute Gasteiger partial charge is 0.478 e. The highest BCUT2D eigenvalue weighted by atomic mass is 19.1. The fourth-order valence-corrected chi connectivity index (χ4v) is 4.97. The van der Waals surface area contributed by atoms with Crippen LogP contribution in [-0.2, 0) is 17.4 Å². The normalized spacial score (nSPS) is 16.9. The highest BCUT2D eigenvalue weighted by molar-refractivity contribution is 5.87. The summed E-state index contributed by atoms with van der Waals surface area (Å²) >= 11 is 0. The molecule has 4 rings (SSSR count). The summed E-state index contributed by atoms with van der Waals surface area (Å²) in [6.07, 6.45) is 4.81. The van der Waals surface area contributed by atoms with Crippen LogP contribution < -0.4 is 5.32 Å². The zero-order chi connectivity index (χ0) is 26.1. The van der Waals surface area contributed by atoms with Gasteiger partial charge in [-0.3, -0.25) is 0 Å². The number of aliphatic hydroxyl groups is 1. The molecule has 4 nitrogen and oxygen atoms in total. The van der Waals surface area contributed by atoms with Crippen LogP contribution in [0.1, 0.15) is 84.8 Å². The first kappa shape index (κ1) is 25.6. The standard InChI is InChI=1S/C31H34FNO3/c1-30(2)15-16-31(3,4)28-25(30)17-23(18-26(28)33-19-21-7-12-24(32)13-8-21)27(34)14-9-20-5-10-22(11-6-20)29(35)36/h5-14,17-18,27,33-34H,15-16,19H2,1-4H3,(H,35,36). The summed E-state index contributed by atoms with van der Waals surface area (Å²) in [7, 11) is 0. The van der Waals surface area contributed by atoms with Crippen LogP contribution in [0.4, 0.5) is 10.1 Å². The first-order valence-electron chi connectivity index (χ1n) is 12.3. The minimum absolute atomic E-state index is 0.0266. The lowest BCUT2D eigenvalue weighted by Crippen LogP contribution is -2.35. The highest BCUT2D eigenvalue weighted by Crippen LogP contribution is 2.49. The van der Waals surface area contributed by atoms with Crippen LogP contribution in [0.2, 0.25) is 0 Å². The minimum Gasteiger partial charge on any atom is -0.478 e. The molecule has 0 bridgehead atoms. The summed E-state index contributed by atoms with van der Waals surface area (Å²) in [5.41, 5.74) is 6.24. The van der Waals surface area contributed by atoms with Gasteiger partial charge in [0.2, 0.25) is 0 Å². The zero-order valence-electron chi connectivity index (χ0n) is 21.3. The van der Waals surface area contributed by atoms with Crippen LogP contribution in [0.3, 0.4) is 0 Å². The molecule has 1 aliphatic carbocycles. The number of carboxylic acids is 1. The molecular weight excluding hydrogens is 453 g/mol. The second-order valence-electron chi connectivity index (χ2n) is 11.0. The van der Waals surface area contributed by atoms with Gasteiger partial charge in [-0.2, -0.15) is 0 Å². The van der Waals surface area contributed by atoms with E-state index >= 15 is 0 Å². The van der Waals surface area contributed by atoms with Crippen LogP contribution in [0, 0.1) is 5.82 Å². The summed E-state index contributed by atoms with van der Waals surface area (Å²) in [6, 6.07) is 17.2. The van der Waals surface area contributed by atoms with Gasteiger partial charge in [-0.05, 0) is 81.8 Å². The van der Waals surface area contributed by atoms with Gasteiger partial charge in [-0.15, -0.1) is 0 Å². The lowest BCUT2D eigenvalue weighted by molar-refractivity contribution is 0.0697. The number of aliphatic hydroxyl groups excluding tert-OH is 1. The number of carbonyl (C=O) groups is 1. The van der Waals surface area contributed by atoms with Crippen LogP contribution >= 0.6 is 0 Å². The molecule has 3 N–H and O–H groups in total. The number of fused-ring (bicyclic) bond motifs is 1. The Morgan fingerprint density at radius 3 is 2.28 bits per heavy atom. The molecule has 0 aromatic heterocycles. The smallest absolute Gasteiger partial charge is 0.335 e. The molecule has 0 saturated carbocycles. The summed E-state index contributed by atoms with van der Waals surface area (Å²) in [5, 5.41) is 23.8. The van der Waals surface area contributed by atoms with Crippen molar-refractivity contribution < 1.29 is 19.4 Å². The van der Waals surface area contributed by atoms with E-state index in [1.165, 1.54) is 23.3 Å². The van der Waals surface area contributed by atoms with E-state index in [1.807, 2.05) is 6.07 Å². The van der Waals surface area contributed by atoms with Crippen molar-refractivity contribution in [3.8, 4) is 0 Å². The van der Waals surface area contributed by atoms with Gasteiger partial charge in [-0.1, -0.05) is 70.2 Å². The molecule has 0 heterocycles. The highest BCUT2D eigenvalue weighted by Gasteiger charge is 2.39. The minimum atomic E-state index is -0.967. The molecule has 0 saturated heterocycles. The fourth-order valence-electron chi connectivity index (χ4n) is 4.97. The Balaban J connectivity index is 1.69. The second kappa shape index (κ2) is 9.90. The van der Waals surface area contributed by atoms with Gasteiger partial charge in [0.1, 0.15) is 5.82 Å². The number of anilines is 1. The number of halogens is 1. The SMILES string of the molecule is CC1(C)CCC(C)(C)c2c(NCc3ccc(F)cc3)cc(C(O)C=Cc3ccc(C(=O)O)cc3)cc21. The lowest BCUT2D eigenvalue weighted by Gasteiger charge is -2.43. The van der Waals surface area contributed by atoms with E-state index in [2.05, 4.69) is 39.1 Å². The Morgan fingerprint density at radius 1 is 1.00 bits per heavy atom. The van der Waals surface area contributed by atoms with E-state index < -0.39 is 12.1 Å². The van der Waals surface area contributed by atoms with Crippen LogP contribution in [-0.4, -0.2) is 16.2 Å². The van der Waals surface area contributed by atoms with Gasteiger partial charge >= 0.3 is 5.97 Å². The summed E-state index contributed by atoms with van der Waals surface area (Å²) in [4.78, 5) is 11.1. The van der Waals surface area contributed by atoms with Gasteiger partial charge in [-0.25, -0.2) is 9.18 Å². The van der Waals surface area contributed by atoms with Crippen LogP contribution in [0.5, 0.6) is 0 Å². The molecule has 0 radical (unpaired) electrons. The Hall–Kier alpha value is -3.44. The molecule has 0 fully saturated rings. The number of aromatic carboxylic acids is 1. The van der Waals surface area contributed by atoms with Crippen molar-refractivity contribution in [2.45, 2.75) is 64.0 Å². The van der Waals surface area contributed by atoms with Crippen molar-refractivity contribution in [3.63, 3.8) is 0 Å². The maximum Gasteiger partial charge on any atom is 0.335 e. The molecule has 1 aliphatic rings. The van der Waals surface area contributed by atoms with Crippen molar-refractivity contribution >= 4 is 17.7 Å². The summed E-state index contributed by atoms with van der Waals surface area (Å²) in [6.45, 7) is 9.58. The topological polar surface area (TPSA) is 69.6 Å². The quantitative estimate of drug-likeness (QED) is 0.329. The number of hydrogen-bond donors (Lipinski definition) is 3. The Kier molecular flexibility index (Phi) is 7.05. The maximum absolute atomic E-state index is 13.4. The van der Waals surface area contributed by atoms with Gasteiger partial charge in [0.05, 0.1) is 11.7 Å². The second-order valence-corrected chi connectivity index (χ2v) is 11.0. The third-order valence-electron chi connectivity index (χ3n) is 7.31. The molecule has 3 aromatic rings. The van der Waals surface area contributed by atoms with Gasteiger partial charge in [0, 0.05) is 12.2 Å². The van der Waals surface area contributed by atoms with Crippen molar-refractivity contribution in [2.75, 3.05) is 5.32 Å². The van der Waals surface area contributed by atoms with Gasteiger partial charge in [0.15, 0.2) is 0 Å². The Morgan fingerprint density at radius 2 is 1.64 bits per heavy atom. The number of benzene rings is 3. The van der Waals surface area contributed by atoms with E-state index in [0.29, 0.717) is 6.54 Å². The average molecular weight is 488 g/mol. The molecule has 1 unspecified atom stereocenters. The first-order chi connectivity index (χ1) is 17.0. The lowest BCUT2D eigenvalue weighted by atomic mass is 9.62. The predicted octanol–water partition coefficient (Wildman–Crippen LogP) is 7.23. The number of hydrogen-bond acceptors (Lipinski definition) is 3. The monoisotopic (exact) mass is 487 g/mol. The van der Waals surface area contributed by atoms with Crippen molar-refractivity contribution in [1.82, 2.24) is 0 Å². The fraction of sp³-hybridized carbons (Fsp3) is 0.323. The van der Waals surface area contributed by atoms with E-state index in [-0.39, 0.29) is 22.2 Å². The van der Waals surface area contributed by atoms with Crippen molar-refractivity contribution in [1.29, 1.82) is 0 Å². The van der Waals surface area contributed by atoms with Crippen LogP contribution in [0.15, 0.2) is 66.7 Å². The summed E-state index contributed by atoms with van der Waals surface area (Å²) in [5.74, 6) is -1.22. The predicted molar refractivity (Wildman–Crippen MR) is 143 cm³/mol. The Bertz CT molecular complexity index is 1270. The van der Waals surface area contributed by atoms with Crippen LogP contribution in [0.25, 0.3) is 6.08 Å². The number of nitrogens with one attached hydrogen (secondary N) is 1. The molecule has 0 spiro atoms. The molecule has 36 heavy (non-hydrogen) atoms. The summed E-state index contributed by atoms with van der Waals surface area (Å²) < 4.78 is 13.4. The van der Waals surface area contributed by atoms with Gasteiger partial charge in [0.25, 0.3) is 0 Å². The van der Waals surface area contributed by atoms with Crippen molar-refractivity contribution in [2.24, 2.45) is 0 Å². The number of rotatable bonds is 7. The van der Waals surface area contributed by atoms with E-state index in [9.17, 15) is 14.3 Å². The maximum atomic E-state index is 13.4. The van der Waals surface area contributed by atoms with Gasteiger partial charge < -0.3 is 15.5 Å². The molecule has 0 aliphatic heterocycles. The average Bonchev–Trinajstić information content (AvgIpc) is 2.85. The molecule has 188 valence electrons. The third kappa shape index (κ3) is 5.52. The molecule has 0 amide bonds. The molecule has 1 atom stereocenters.